The summed E-state index contributed by atoms with van der Waals surface area (Å²) < 4.78 is 0.911. The number of nitrogens with one attached hydrogen (secondary N) is 1. The molecule has 0 spiro atoms. The number of H-pyrrole nitrogens is 1. The van der Waals surface area contributed by atoms with Gasteiger partial charge in [-0.25, -0.2) is 0 Å². The van der Waals surface area contributed by atoms with Gasteiger partial charge in [-0.2, -0.15) is 5.10 Å². The Bertz CT molecular complexity index is 213. The van der Waals surface area contributed by atoms with Crippen LogP contribution >= 0.6 is 31.9 Å². The number of nitroso groups, excluding NO2 is 1. The van der Waals surface area contributed by atoms with Gasteiger partial charge in [-0.05, 0) is 37.0 Å². The lowest BCUT2D eigenvalue weighted by Gasteiger charge is -1.77. The van der Waals surface area contributed by atoms with E-state index in [1.54, 1.807) is 0 Å². The van der Waals surface area contributed by atoms with Gasteiger partial charge < -0.3 is 0 Å². The fourth-order valence-corrected chi connectivity index (χ4v) is 1.35. The van der Waals surface area contributed by atoms with Crippen molar-refractivity contribution in [1.29, 1.82) is 0 Å². The van der Waals surface area contributed by atoms with Crippen molar-refractivity contribution in [3.8, 4) is 0 Å². The van der Waals surface area contributed by atoms with Crippen LogP contribution < -0.4 is 0 Å². The average Bonchev–Trinajstić information content (AvgIpc) is 2.12. The Kier molecular flexibility index (Phi) is 1.97. The minimum absolute atomic E-state index is 0.259. The van der Waals surface area contributed by atoms with E-state index in [4.69, 9.17) is 0 Å². The Morgan fingerprint density at radius 2 is 2.22 bits per heavy atom. The highest BCUT2D eigenvalue weighted by Gasteiger charge is 2.07. The first-order valence-electron chi connectivity index (χ1n) is 1.98. The maximum Gasteiger partial charge on any atom is 0.174 e. The van der Waals surface area contributed by atoms with Gasteiger partial charge in [-0.1, -0.05) is 0 Å². The number of nitrogens with zero attached hydrogens (tertiary/aromatic N) is 2. The first-order chi connectivity index (χ1) is 4.25. The van der Waals surface area contributed by atoms with Crippen LogP contribution in [0.5, 0.6) is 0 Å². The van der Waals surface area contributed by atoms with Crippen molar-refractivity contribution >= 4 is 37.5 Å². The molecule has 6 heteroatoms. The summed E-state index contributed by atoms with van der Waals surface area (Å²) in [6.07, 6.45) is 0. The third-order valence-electron chi connectivity index (χ3n) is 0.747. The van der Waals surface area contributed by atoms with Crippen molar-refractivity contribution < 1.29 is 0 Å². The number of aromatic amines is 1. The summed E-state index contributed by atoms with van der Waals surface area (Å²) >= 11 is 6.05. The maximum absolute atomic E-state index is 9.94. The molecule has 0 aromatic carbocycles. The second-order valence-corrected chi connectivity index (χ2v) is 2.81. The smallest absolute Gasteiger partial charge is 0.174 e. The van der Waals surface area contributed by atoms with E-state index in [0.717, 1.165) is 0 Å². The van der Waals surface area contributed by atoms with Gasteiger partial charge in [-0.3, -0.25) is 5.10 Å². The monoisotopic (exact) mass is 253 g/mol. The summed E-state index contributed by atoms with van der Waals surface area (Å²) in [5, 5.41) is 8.84. The standard InChI is InChI=1S/C3HBr2N3O/c4-2-1(8-9)3(5)7-6-2/h(H,6,7). The van der Waals surface area contributed by atoms with Gasteiger partial charge in [-0.15, -0.1) is 4.91 Å². The topological polar surface area (TPSA) is 58.1 Å². The predicted molar refractivity (Wildman–Crippen MR) is 39.4 cm³/mol. The fourth-order valence-electron chi connectivity index (χ4n) is 0.372. The van der Waals surface area contributed by atoms with Gasteiger partial charge in [0.2, 0.25) is 0 Å². The molecule has 0 atom stereocenters. The second-order valence-electron chi connectivity index (χ2n) is 1.27. The van der Waals surface area contributed by atoms with Crippen molar-refractivity contribution in [2.45, 2.75) is 0 Å². The number of halogens is 2. The predicted octanol–water partition coefficient (Wildman–Crippen LogP) is 2.33. The van der Waals surface area contributed by atoms with Crippen LogP contribution in [0.3, 0.4) is 0 Å². The Labute approximate surface area is 67.3 Å². The third-order valence-corrected chi connectivity index (χ3v) is 1.85. The lowest BCUT2D eigenvalue weighted by molar-refractivity contribution is 1.05. The highest BCUT2D eigenvalue weighted by molar-refractivity contribution is 9.11. The molecule has 0 aliphatic carbocycles. The molecular weight excluding hydrogens is 254 g/mol. The molecule has 0 aliphatic heterocycles. The van der Waals surface area contributed by atoms with Gasteiger partial charge in [0.1, 0.15) is 4.60 Å². The molecule has 0 saturated heterocycles. The van der Waals surface area contributed by atoms with Crippen LogP contribution in [0.1, 0.15) is 0 Å². The summed E-state index contributed by atoms with van der Waals surface area (Å²) in [5.74, 6) is 0. The van der Waals surface area contributed by atoms with Crippen molar-refractivity contribution in [2.24, 2.45) is 5.18 Å². The minimum Gasteiger partial charge on any atom is -0.268 e. The molecule has 0 fully saturated rings. The Morgan fingerprint density at radius 1 is 1.56 bits per heavy atom. The van der Waals surface area contributed by atoms with E-state index in [0.29, 0.717) is 9.21 Å². The van der Waals surface area contributed by atoms with Gasteiger partial charge in [0, 0.05) is 0 Å². The zero-order valence-corrected chi connectivity index (χ0v) is 7.23. The zero-order chi connectivity index (χ0) is 6.85. The minimum atomic E-state index is 0.259. The normalized spacial score (nSPS) is 9.56. The van der Waals surface area contributed by atoms with E-state index >= 15 is 0 Å². The van der Waals surface area contributed by atoms with E-state index in [1.807, 2.05) is 0 Å². The molecule has 48 valence electrons. The average molecular weight is 255 g/mol. The van der Waals surface area contributed by atoms with E-state index in [1.165, 1.54) is 0 Å². The molecule has 1 aromatic rings. The Morgan fingerprint density at radius 3 is 2.44 bits per heavy atom. The summed E-state index contributed by atoms with van der Waals surface area (Å²) in [6.45, 7) is 0. The maximum atomic E-state index is 9.94. The Hall–Kier alpha value is -0.230. The lowest BCUT2D eigenvalue weighted by Crippen LogP contribution is -1.61. The third kappa shape index (κ3) is 1.19. The molecule has 9 heavy (non-hydrogen) atoms. The van der Waals surface area contributed by atoms with E-state index in [-0.39, 0.29) is 5.69 Å². The molecule has 1 rings (SSSR count). The number of hydrogen-bond donors (Lipinski definition) is 1. The summed E-state index contributed by atoms with van der Waals surface area (Å²) in [5.41, 5.74) is 0.259. The van der Waals surface area contributed by atoms with Crippen LogP contribution in [0.4, 0.5) is 5.69 Å². The summed E-state index contributed by atoms with van der Waals surface area (Å²) in [6, 6.07) is 0. The molecular formula is C3HBr2N3O. The van der Waals surface area contributed by atoms with Crippen LogP contribution in [0.15, 0.2) is 14.4 Å². The van der Waals surface area contributed by atoms with Crippen LogP contribution in [-0.4, -0.2) is 10.2 Å². The summed E-state index contributed by atoms with van der Waals surface area (Å²) in [4.78, 5) is 9.94. The molecule has 0 radical (unpaired) electrons. The van der Waals surface area contributed by atoms with Crippen LogP contribution in [0, 0.1) is 4.91 Å². The molecule has 0 unspecified atom stereocenters. The first-order valence-corrected chi connectivity index (χ1v) is 3.57. The first kappa shape index (κ1) is 6.88. The van der Waals surface area contributed by atoms with Gasteiger partial charge in [0.05, 0.1) is 0 Å². The van der Waals surface area contributed by atoms with E-state index < -0.39 is 0 Å². The van der Waals surface area contributed by atoms with Crippen LogP contribution in [0.25, 0.3) is 0 Å². The van der Waals surface area contributed by atoms with E-state index in [2.05, 4.69) is 47.2 Å². The fraction of sp³-hybridized carbons (Fsp3) is 0. The van der Waals surface area contributed by atoms with Crippen molar-refractivity contribution in [3.05, 3.63) is 14.1 Å². The Balaban J connectivity index is 3.22. The highest BCUT2D eigenvalue weighted by Crippen LogP contribution is 2.29. The zero-order valence-electron chi connectivity index (χ0n) is 4.06. The highest BCUT2D eigenvalue weighted by atomic mass is 79.9. The number of rotatable bonds is 1. The molecule has 0 aliphatic rings. The molecule has 1 aromatic heterocycles. The van der Waals surface area contributed by atoms with Gasteiger partial charge in [0.15, 0.2) is 10.3 Å². The molecule has 1 N–H and O–H groups in total. The molecule has 4 nitrogen and oxygen atoms in total. The molecule has 0 saturated carbocycles. The van der Waals surface area contributed by atoms with E-state index in [9.17, 15) is 4.91 Å². The van der Waals surface area contributed by atoms with Crippen molar-refractivity contribution in [2.75, 3.05) is 0 Å². The van der Waals surface area contributed by atoms with Crippen molar-refractivity contribution in [3.63, 3.8) is 0 Å². The molecule has 1 heterocycles. The molecule has 0 amide bonds. The summed E-state index contributed by atoms with van der Waals surface area (Å²) in [7, 11) is 0. The largest absolute Gasteiger partial charge is 0.268 e. The van der Waals surface area contributed by atoms with Crippen LogP contribution in [-0.2, 0) is 0 Å². The number of aromatic nitrogens is 2. The quantitative estimate of drug-likeness (QED) is 0.782. The number of hydrogen-bond acceptors (Lipinski definition) is 3. The molecule has 0 bridgehead atoms. The van der Waals surface area contributed by atoms with Crippen LogP contribution in [0.2, 0.25) is 0 Å². The lowest BCUT2D eigenvalue weighted by atomic mass is 10.6. The van der Waals surface area contributed by atoms with Crippen molar-refractivity contribution in [1.82, 2.24) is 10.2 Å². The van der Waals surface area contributed by atoms with Gasteiger partial charge >= 0.3 is 0 Å². The van der Waals surface area contributed by atoms with Gasteiger partial charge in [0.25, 0.3) is 0 Å². The second kappa shape index (κ2) is 2.57. The SMILES string of the molecule is O=Nc1c(Br)n[nH]c1Br.